The summed E-state index contributed by atoms with van der Waals surface area (Å²) < 4.78 is 21.5. The van der Waals surface area contributed by atoms with Gasteiger partial charge in [-0.25, -0.2) is 10.1 Å². The predicted molar refractivity (Wildman–Crippen MR) is 99.0 cm³/mol. The Labute approximate surface area is 154 Å². The first kappa shape index (κ1) is 25.4. The van der Waals surface area contributed by atoms with Crippen molar-refractivity contribution in [3.05, 3.63) is 4.91 Å². The Kier molecular flexibility index (Phi) is 10.4. The Hall–Kier alpha value is -0.600. The molecule has 0 aromatic heterocycles. The topological polar surface area (TPSA) is 171 Å². The molecule has 0 saturated carbocycles. The Morgan fingerprint density at radius 2 is 1.46 bits per heavy atom. The number of Topliss-reactive ketones (excluding diaryl/α,β-unsaturated/α-hetero) is 2. The van der Waals surface area contributed by atoms with Gasteiger partial charge in [-0.05, 0) is 40.5 Å². The van der Waals surface area contributed by atoms with Crippen LogP contribution in [0.15, 0.2) is 4.95 Å². The van der Waals surface area contributed by atoms with Crippen LogP contribution in [0.3, 0.4) is 0 Å². The van der Waals surface area contributed by atoms with E-state index in [2.05, 4.69) is 4.95 Å². The minimum atomic E-state index is -4.05. The maximum Gasteiger partial charge on any atom is 0.421 e. The van der Waals surface area contributed by atoms with Crippen molar-refractivity contribution in [2.75, 3.05) is 0 Å². The summed E-state index contributed by atoms with van der Waals surface area (Å²) in [5, 5.41) is 0. The maximum atomic E-state index is 11.9. The number of carbonyl (C=O) groups excluding carboxylic acids is 2. The Morgan fingerprint density at radius 1 is 1.04 bits per heavy atom. The monoisotopic (exact) mass is 413 g/mol. The van der Waals surface area contributed by atoms with Crippen molar-refractivity contribution < 1.29 is 28.1 Å². The highest BCUT2D eigenvalue weighted by atomic mass is 31.2. The highest BCUT2D eigenvalue weighted by Crippen LogP contribution is 2.44. The van der Waals surface area contributed by atoms with Crippen LogP contribution in [0.4, 0.5) is 0 Å². The molecule has 0 spiro atoms. The summed E-state index contributed by atoms with van der Waals surface area (Å²) in [6.45, 7) is 6.53. The lowest BCUT2D eigenvalue weighted by molar-refractivity contribution is -0.125. The van der Waals surface area contributed by atoms with Crippen molar-refractivity contribution in [2.24, 2.45) is 16.0 Å². The largest absolute Gasteiger partial charge is 0.421 e. The molecule has 0 heterocycles. The number of nitrogens with two attached hydrogens (primary N) is 2. The number of rotatable bonds is 14. The van der Waals surface area contributed by atoms with Crippen LogP contribution in [0.1, 0.15) is 66.2 Å². The average molecular weight is 413 g/mol. The van der Waals surface area contributed by atoms with E-state index in [4.69, 9.17) is 24.9 Å². The molecule has 26 heavy (non-hydrogen) atoms. The quantitative estimate of drug-likeness (QED) is 0.286. The van der Waals surface area contributed by atoms with Gasteiger partial charge in [0.05, 0.1) is 11.2 Å². The third kappa shape index (κ3) is 12.7. The molecule has 0 saturated heterocycles. The minimum absolute atomic E-state index is 0.0754. The average Bonchev–Trinajstić information content (AvgIpc) is 2.47. The second-order valence-corrected chi connectivity index (χ2v) is 9.49. The number of ketones is 2. The van der Waals surface area contributed by atoms with Crippen molar-refractivity contribution in [1.82, 2.24) is 0 Å². The van der Waals surface area contributed by atoms with Gasteiger partial charge >= 0.3 is 7.67 Å². The summed E-state index contributed by atoms with van der Waals surface area (Å²) in [5.74, 6) is -0.251. The van der Waals surface area contributed by atoms with Gasteiger partial charge in [-0.15, -0.1) is 4.91 Å². The van der Waals surface area contributed by atoms with Gasteiger partial charge in [0.1, 0.15) is 11.6 Å². The van der Waals surface area contributed by atoms with Crippen LogP contribution in [-0.2, 0) is 23.2 Å². The van der Waals surface area contributed by atoms with Gasteiger partial charge in [-0.2, -0.15) is 0 Å². The first-order valence-electron chi connectivity index (χ1n) is 8.08. The molecular formula is C14H29N3O7P2. The molecule has 0 bridgehead atoms. The SMILES string of the molecule is CC(C)(CCC(=O)CCC(=O)CCC(C)(C)OP(N)(=O)N=O)OP(N)O. The molecule has 0 aliphatic carbocycles. The third-order valence-corrected chi connectivity index (χ3v) is 5.19. The van der Waals surface area contributed by atoms with E-state index in [0.717, 1.165) is 0 Å². The molecule has 0 aliphatic heterocycles. The van der Waals surface area contributed by atoms with Crippen LogP contribution in [0.5, 0.6) is 0 Å². The van der Waals surface area contributed by atoms with E-state index in [1.807, 2.05) is 0 Å². The molecule has 0 rings (SSSR count). The van der Waals surface area contributed by atoms with Crippen molar-refractivity contribution in [1.29, 1.82) is 0 Å². The number of hydrogen-bond donors (Lipinski definition) is 3. The van der Waals surface area contributed by atoms with Gasteiger partial charge in [0.15, 0.2) is 0 Å². The molecule has 0 radical (unpaired) electrons. The van der Waals surface area contributed by atoms with Crippen molar-refractivity contribution in [3.63, 3.8) is 0 Å². The molecule has 5 N–H and O–H groups in total. The lowest BCUT2D eigenvalue weighted by Gasteiger charge is -2.25. The second kappa shape index (κ2) is 10.7. The molecule has 0 aliphatic rings. The minimum Gasteiger partial charge on any atom is -0.338 e. The Morgan fingerprint density at radius 3 is 1.85 bits per heavy atom. The van der Waals surface area contributed by atoms with E-state index in [1.165, 1.54) is 0 Å². The van der Waals surface area contributed by atoms with Crippen LogP contribution in [0.25, 0.3) is 0 Å². The van der Waals surface area contributed by atoms with Crippen molar-refractivity contribution in [2.45, 2.75) is 77.4 Å². The van der Waals surface area contributed by atoms with E-state index in [0.29, 0.717) is 6.42 Å². The van der Waals surface area contributed by atoms with Crippen molar-refractivity contribution in [3.8, 4) is 0 Å². The lowest BCUT2D eigenvalue weighted by atomic mass is 9.96. The zero-order chi connectivity index (χ0) is 20.6. The summed E-state index contributed by atoms with van der Waals surface area (Å²) in [6.07, 6.45) is 1.04. The van der Waals surface area contributed by atoms with E-state index in [1.54, 1.807) is 27.7 Å². The molecule has 12 heteroatoms. The van der Waals surface area contributed by atoms with Crippen molar-refractivity contribution >= 4 is 27.8 Å². The fraction of sp³-hybridized carbons (Fsp3) is 0.857. The normalized spacial score (nSPS) is 16.0. The van der Waals surface area contributed by atoms with Crippen LogP contribution in [-0.4, -0.2) is 27.7 Å². The molecule has 152 valence electrons. The highest BCUT2D eigenvalue weighted by Gasteiger charge is 2.30. The maximum absolute atomic E-state index is 11.9. The lowest BCUT2D eigenvalue weighted by Crippen LogP contribution is -2.25. The summed E-state index contributed by atoms with van der Waals surface area (Å²) in [4.78, 5) is 45.4. The van der Waals surface area contributed by atoms with Gasteiger partial charge < -0.3 is 9.42 Å². The van der Waals surface area contributed by atoms with Gasteiger partial charge in [0, 0.05) is 30.6 Å². The molecule has 0 aromatic rings. The summed E-state index contributed by atoms with van der Waals surface area (Å²) >= 11 is 0. The zero-order valence-electron chi connectivity index (χ0n) is 15.6. The fourth-order valence-electron chi connectivity index (χ4n) is 2.12. The number of nitroso groups, excluding NO2 is 1. The predicted octanol–water partition coefficient (Wildman–Crippen LogP) is 3.07. The molecule has 0 fully saturated rings. The second-order valence-electron chi connectivity index (χ2n) is 7.23. The standard InChI is InChI=1S/C14H29N3O7P2/c1-13(2,23-25(15)21)9-7-11(18)5-6-12(19)8-10-14(3,4)24-26(16,22)17-20/h21H,5-10,15H2,1-4H3,(H2,16,22). The fourth-order valence-corrected chi connectivity index (χ4v) is 3.56. The number of hydrogen-bond acceptors (Lipinski definition) is 8. The van der Waals surface area contributed by atoms with Crippen LogP contribution >= 0.6 is 16.2 Å². The summed E-state index contributed by atoms with van der Waals surface area (Å²) in [6, 6.07) is 0. The first-order chi connectivity index (χ1) is 11.7. The molecule has 0 aromatic carbocycles. The summed E-state index contributed by atoms with van der Waals surface area (Å²) in [7, 11) is -6.05. The van der Waals surface area contributed by atoms with Crippen LogP contribution in [0, 0.1) is 4.91 Å². The Balaban J connectivity index is 4.20. The molecule has 2 unspecified atom stereocenters. The number of nitrogens with zero attached hydrogens (tertiary/aromatic N) is 1. The summed E-state index contributed by atoms with van der Waals surface area (Å²) in [5.41, 5.74) is 8.53. The molecule has 2 atom stereocenters. The van der Waals surface area contributed by atoms with Gasteiger partial charge in [-0.3, -0.25) is 19.6 Å². The van der Waals surface area contributed by atoms with E-state index >= 15 is 0 Å². The smallest absolute Gasteiger partial charge is 0.338 e. The van der Waals surface area contributed by atoms with E-state index in [9.17, 15) is 19.1 Å². The Bertz CT molecular complexity index is 553. The van der Waals surface area contributed by atoms with Crippen LogP contribution in [0.2, 0.25) is 0 Å². The van der Waals surface area contributed by atoms with E-state index in [-0.39, 0.29) is 43.7 Å². The van der Waals surface area contributed by atoms with Gasteiger partial charge in [0.2, 0.25) is 0 Å². The first-order valence-corrected chi connectivity index (χ1v) is 11.0. The zero-order valence-corrected chi connectivity index (χ0v) is 17.4. The van der Waals surface area contributed by atoms with E-state index < -0.39 is 27.4 Å². The molecule has 10 nitrogen and oxygen atoms in total. The van der Waals surface area contributed by atoms with Crippen LogP contribution < -0.4 is 11.0 Å². The highest BCUT2D eigenvalue weighted by molar-refractivity contribution is 7.54. The third-order valence-electron chi connectivity index (χ3n) is 3.53. The molecular weight excluding hydrogens is 384 g/mol. The van der Waals surface area contributed by atoms with Gasteiger partial charge in [-0.1, -0.05) is 0 Å². The molecule has 0 amide bonds. The number of carbonyl (C=O) groups is 2. The van der Waals surface area contributed by atoms with Gasteiger partial charge in [0.25, 0.3) is 8.53 Å².